The highest BCUT2D eigenvalue weighted by molar-refractivity contribution is 6.32. The lowest BCUT2D eigenvalue weighted by Crippen LogP contribution is -2.22. The van der Waals surface area contributed by atoms with Crippen LogP contribution in [0.1, 0.15) is 57.4 Å². The monoisotopic (exact) mass is 362 g/mol. The third-order valence-corrected chi connectivity index (χ3v) is 6.31. The van der Waals surface area contributed by atoms with E-state index in [2.05, 4.69) is 18.7 Å². The Labute approximate surface area is 155 Å². The summed E-state index contributed by atoms with van der Waals surface area (Å²) in [4.78, 5) is 0. The standard InChI is InChI=1S/C22H28ClFO/c1-3-15-5-7-16(8-6-15)17-9-11-18(12-10-17)19-13-14-20(25-4-2)21(23)22(19)24/h3,11,13-17H,1,4-10,12H2,2H3. The molecule has 25 heavy (non-hydrogen) atoms. The molecule has 1 atom stereocenters. The smallest absolute Gasteiger partial charge is 0.153 e. The maximum Gasteiger partial charge on any atom is 0.153 e. The van der Waals surface area contributed by atoms with Gasteiger partial charge in [-0.2, -0.15) is 0 Å². The Hall–Kier alpha value is -1.28. The van der Waals surface area contributed by atoms with E-state index in [1.165, 1.54) is 25.7 Å². The molecule has 3 rings (SSSR count). The van der Waals surface area contributed by atoms with Crippen LogP contribution in [0.25, 0.3) is 5.57 Å². The van der Waals surface area contributed by atoms with Crippen LogP contribution in [0.2, 0.25) is 5.02 Å². The fourth-order valence-corrected chi connectivity index (χ4v) is 4.65. The minimum Gasteiger partial charge on any atom is -0.492 e. The average Bonchev–Trinajstić information content (AvgIpc) is 2.66. The Bertz CT molecular complexity index is 644. The van der Waals surface area contributed by atoms with Gasteiger partial charge in [-0.15, -0.1) is 6.58 Å². The van der Waals surface area contributed by atoms with E-state index in [9.17, 15) is 4.39 Å². The third kappa shape index (κ3) is 4.11. The zero-order valence-corrected chi connectivity index (χ0v) is 15.8. The van der Waals surface area contributed by atoms with Gasteiger partial charge in [0.05, 0.1) is 6.61 Å². The van der Waals surface area contributed by atoms with Crippen molar-refractivity contribution in [1.82, 2.24) is 0 Å². The maximum atomic E-state index is 14.6. The van der Waals surface area contributed by atoms with Crippen LogP contribution in [0.4, 0.5) is 4.39 Å². The summed E-state index contributed by atoms with van der Waals surface area (Å²) >= 11 is 6.14. The number of halogens is 2. The van der Waals surface area contributed by atoms with E-state index < -0.39 is 0 Å². The Morgan fingerprint density at radius 1 is 1.20 bits per heavy atom. The molecule has 0 aromatic heterocycles. The van der Waals surface area contributed by atoms with Crippen LogP contribution in [-0.2, 0) is 0 Å². The molecular formula is C22H28ClFO. The highest BCUT2D eigenvalue weighted by Gasteiger charge is 2.28. The number of hydrogen-bond donors (Lipinski definition) is 0. The summed E-state index contributed by atoms with van der Waals surface area (Å²) in [7, 11) is 0. The van der Waals surface area contributed by atoms with Crippen molar-refractivity contribution in [3.05, 3.63) is 47.3 Å². The second kappa shape index (κ2) is 8.40. The normalized spacial score (nSPS) is 26.8. The fraction of sp³-hybridized carbons (Fsp3) is 0.545. The summed E-state index contributed by atoms with van der Waals surface area (Å²) in [6.07, 6.45) is 12.7. The number of hydrogen-bond acceptors (Lipinski definition) is 1. The molecule has 1 fully saturated rings. The van der Waals surface area contributed by atoms with Crippen molar-refractivity contribution < 1.29 is 9.13 Å². The van der Waals surface area contributed by atoms with Gasteiger partial charge >= 0.3 is 0 Å². The molecule has 0 spiro atoms. The van der Waals surface area contributed by atoms with Crippen molar-refractivity contribution >= 4 is 17.2 Å². The summed E-state index contributed by atoms with van der Waals surface area (Å²) in [5.41, 5.74) is 1.74. The molecule has 136 valence electrons. The zero-order chi connectivity index (χ0) is 17.8. The third-order valence-electron chi connectivity index (χ3n) is 5.96. The van der Waals surface area contributed by atoms with Crippen molar-refractivity contribution in [2.24, 2.45) is 17.8 Å². The van der Waals surface area contributed by atoms with Crippen LogP contribution in [0.15, 0.2) is 30.9 Å². The molecule has 1 aromatic rings. The van der Waals surface area contributed by atoms with Gasteiger partial charge < -0.3 is 4.74 Å². The van der Waals surface area contributed by atoms with Gasteiger partial charge in [-0.25, -0.2) is 4.39 Å². The number of benzene rings is 1. The van der Waals surface area contributed by atoms with Crippen molar-refractivity contribution in [1.29, 1.82) is 0 Å². The molecule has 0 amide bonds. The molecule has 2 aliphatic carbocycles. The summed E-state index contributed by atoms with van der Waals surface area (Å²) in [6, 6.07) is 3.60. The molecule has 1 unspecified atom stereocenters. The lowest BCUT2D eigenvalue weighted by molar-refractivity contribution is 0.212. The van der Waals surface area contributed by atoms with Crippen LogP contribution in [0.5, 0.6) is 5.75 Å². The van der Waals surface area contributed by atoms with Crippen LogP contribution < -0.4 is 4.74 Å². The van der Waals surface area contributed by atoms with Gasteiger partial charge in [0.1, 0.15) is 10.8 Å². The van der Waals surface area contributed by atoms with E-state index in [0.717, 1.165) is 36.7 Å². The van der Waals surface area contributed by atoms with E-state index in [4.69, 9.17) is 16.3 Å². The minimum atomic E-state index is -0.344. The summed E-state index contributed by atoms with van der Waals surface area (Å²) in [5, 5.41) is 0.102. The first-order chi connectivity index (χ1) is 12.1. The first-order valence-corrected chi connectivity index (χ1v) is 9.94. The van der Waals surface area contributed by atoms with E-state index in [0.29, 0.717) is 23.8 Å². The van der Waals surface area contributed by atoms with E-state index in [1.807, 2.05) is 13.0 Å². The van der Waals surface area contributed by atoms with Gasteiger partial charge in [-0.3, -0.25) is 0 Å². The predicted octanol–water partition coefficient (Wildman–Crippen LogP) is 7.05. The van der Waals surface area contributed by atoms with Crippen LogP contribution in [-0.4, -0.2) is 6.61 Å². The summed E-state index contributed by atoms with van der Waals surface area (Å²) < 4.78 is 20.0. The molecule has 0 saturated heterocycles. The average molecular weight is 363 g/mol. The molecule has 1 nitrogen and oxygen atoms in total. The quantitative estimate of drug-likeness (QED) is 0.509. The van der Waals surface area contributed by atoms with Crippen molar-refractivity contribution in [3.8, 4) is 5.75 Å². The molecule has 0 heterocycles. The molecular weight excluding hydrogens is 335 g/mol. The van der Waals surface area contributed by atoms with Crippen molar-refractivity contribution in [2.75, 3.05) is 6.61 Å². The fourth-order valence-electron chi connectivity index (χ4n) is 4.43. The SMILES string of the molecule is C=CC1CCC(C2CC=C(c3ccc(OCC)c(Cl)c3F)CC2)CC1. The van der Waals surface area contributed by atoms with E-state index in [-0.39, 0.29) is 10.8 Å². The number of rotatable bonds is 5. The van der Waals surface area contributed by atoms with Gasteiger partial charge in [-0.1, -0.05) is 23.8 Å². The van der Waals surface area contributed by atoms with Gasteiger partial charge in [-0.05, 0) is 87.3 Å². The summed E-state index contributed by atoms with van der Waals surface area (Å²) in [5.74, 6) is 2.37. The Morgan fingerprint density at radius 3 is 2.56 bits per heavy atom. The molecule has 1 saturated carbocycles. The molecule has 0 radical (unpaired) electrons. The Kier molecular flexibility index (Phi) is 6.22. The largest absolute Gasteiger partial charge is 0.492 e. The van der Waals surface area contributed by atoms with Crippen molar-refractivity contribution in [3.63, 3.8) is 0 Å². The number of ether oxygens (including phenoxy) is 1. The lowest BCUT2D eigenvalue weighted by Gasteiger charge is -2.34. The van der Waals surface area contributed by atoms with Crippen LogP contribution in [0.3, 0.4) is 0 Å². The first kappa shape index (κ1) is 18.5. The van der Waals surface area contributed by atoms with Gasteiger partial charge in [0.2, 0.25) is 0 Å². The maximum absolute atomic E-state index is 14.6. The van der Waals surface area contributed by atoms with Gasteiger partial charge in [0.25, 0.3) is 0 Å². The lowest BCUT2D eigenvalue weighted by atomic mass is 9.71. The second-order valence-corrected chi connectivity index (χ2v) is 7.72. The summed E-state index contributed by atoms with van der Waals surface area (Å²) in [6.45, 7) is 6.29. The topological polar surface area (TPSA) is 9.23 Å². The molecule has 3 heteroatoms. The molecule has 0 bridgehead atoms. The highest BCUT2D eigenvalue weighted by atomic mass is 35.5. The van der Waals surface area contributed by atoms with Gasteiger partial charge in [0.15, 0.2) is 5.82 Å². The molecule has 0 N–H and O–H groups in total. The number of allylic oxidation sites excluding steroid dienone is 3. The highest BCUT2D eigenvalue weighted by Crippen LogP contribution is 2.42. The molecule has 2 aliphatic rings. The Morgan fingerprint density at radius 2 is 1.96 bits per heavy atom. The first-order valence-electron chi connectivity index (χ1n) is 9.56. The van der Waals surface area contributed by atoms with E-state index >= 15 is 0 Å². The minimum absolute atomic E-state index is 0.102. The predicted molar refractivity (Wildman–Crippen MR) is 104 cm³/mol. The second-order valence-electron chi connectivity index (χ2n) is 7.35. The Balaban J connectivity index is 1.67. The van der Waals surface area contributed by atoms with E-state index in [1.54, 1.807) is 6.07 Å². The molecule has 0 aliphatic heterocycles. The van der Waals surface area contributed by atoms with Crippen molar-refractivity contribution in [2.45, 2.75) is 51.9 Å². The van der Waals surface area contributed by atoms with Gasteiger partial charge in [0, 0.05) is 5.56 Å². The van der Waals surface area contributed by atoms with Crippen LogP contribution in [0, 0.1) is 23.6 Å². The zero-order valence-electron chi connectivity index (χ0n) is 15.1. The molecule has 1 aromatic carbocycles. The van der Waals surface area contributed by atoms with Crippen LogP contribution >= 0.6 is 11.6 Å².